The van der Waals surface area contributed by atoms with Crippen LogP contribution in [0, 0.1) is 0 Å². The lowest BCUT2D eigenvalue weighted by Gasteiger charge is -2.23. The van der Waals surface area contributed by atoms with Crippen molar-refractivity contribution in [2.75, 3.05) is 34.3 Å². The Morgan fingerprint density at radius 1 is 1.29 bits per heavy atom. The average molecular weight is 270 g/mol. The van der Waals surface area contributed by atoms with Gasteiger partial charge in [-0.25, -0.2) is 9.36 Å². The van der Waals surface area contributed by atoms with E-state index in [1.165, 1.54) is 0 Å². The highest BCUT2D eigenvalue weighted by atomic mass is 31.2. The first kappa shape index (κ1) is 18.6. The van der Waals surface area contributed by atoms with Crippen LogP contribution in [-0.2, 0) is 14.1 Å². The van der Waals surface area contributed by atoms with Crippen molar-refractivity contribution in [3.63, 3.8) is 0 Å². The van der Waals surface area contributed by atoms with Crippen LogP contribution in [-0.4, -0.2) is 59.4 Å². The second-order valence-corrected chi connectivity index (χ2v) is 5.47. The molecule has 0 heterocycles. The molecule has 0 aliphatic carbocycles. The molecule has 0 aliphatic heterocycles. The van der Waals surface area contributed by atoms with E-state index in [-0.39, 0.29) is 5.97 Å². The Bertz CT molecular complexity index is 295. The van der Waals surface area contributed by atoms with Gasteiger partial charge in [0, 0.05) is 5.57 Å². The number of phosphoric acid groups is 1. The predicted octanol–water partition coefficient (Wildman–Crippen LogP) is -0.117. The molecule has 0 radical (unpaired) electrons. The van der Waals surface area contributed by atoms with Crippen LogP contribution in [0.15, 0.2) is 12.2 Å². The van der Waals surface area contributed by atoms with Crippen LogP contribution in [0.1, 0.15) is 6.92 Å². The van der Waals surface area contributed by atoms with Crippen LogP contribution in [0.5, 0.6) is 0 Å². The molecule has 0 aromatic rings. The molecule has 3 N–H and O–H groups in total. The van der Waals surface area contributed by atoms with E-state index in [1.54, 1.807) is 6.92 Å². The first-order valence-electron chi connectivity index (χ1n) is 4.74. The lowest BCUT2D eigenvalue weighted by Crippen LogP contribution is -2.38. The number of nitrogens with zero attached hydrogens (tertiary/aromatic N) is 1. The number of esters is 1. The number of carbonyl (C=O) groups excluding carboxylic acids is 1. The van der Waals surface area contributed by atoms with E-state index in [0.29, 0.717) is 12.2 Å². The molecule has 102 valence electrons. The van der Waals surface area contributed by atoms with E-state index in [4.69, 9.17) is 24.0 Å². The summed E-state index contributed by atoms with van der Waals surface area (Å²) in [6.07, 6.45) is 0. The summed E-state index contributed by atoms with van der Waals surface area (Å²) in [4.78, 5) is 32.5. The predicted molar refractivity (Wildman–Crippen MR) is 62.9 cm³/mol. The number of ether oxygens (including phenoxy) is 1. The van der Waals surface area contributed by atoms with Gasteiger partial charge in [0.15, 0.2) is 0 Å². The third-order valence-electron chi connectivity index (χ3n) is 1.34. The van der Waals surface area contributed by atoms with Crippen LogP contribution in [0.4, 0.5) is 0 Å². The lowest BCUT2D eigenvalue weighted by atomic mass is 10.4. The van der Waals surface area contributed by atoms with Crippen molar-refractivity contribution in [3.05, 3.63) is 12.2 Å². The Hall–Kier alpha value is -0.720. The van der Waals surface area contributed by atoms with Crippen molar-refractivity contribution in [3.8, 4) is 0 Å². The molecule has 0 saturated carbocycles. The molecule has 17 heavy (non-hydrogen) atoms. The number of hydrogen-bond acceptors (Lipinski definition) is 3. The molecular formula is C9H21NO6P+. The van der Waals surface area contributed by atoms with Gasteiger partial charge in [-0.3, -0.25) is 0 Å². The zero-order valence-electron chi connectivity index (χ0n) is 10.6. The Morgan fingerprint density at radius 3 is 1.88 bits per heavy atom. The molecule has 0 spiro atoms. The number of rotatable bonds is 4. The number of likely N-dealkylation sites (N-methyl/N-ethyl adjacent to an activating group) is 1. The van der Waals surface area contributed by atoms with Gasteiger partial charge in [0.2, 0.25) is 0 Å². The normalized spacial score (nSPS) is 11.2. The average Bonchev–Trinajstić information content (AvgIpc) is 1.97. The summed E-state index contributed by atoms with van der Waals surface area (Å²) in [6.45, 7) is 6.41. The summed E-state index contributed by atoms with van der Waals surface area (Å²) in [5.74, 6) is -0.302. The highest BCUT2D eigenvalue weighted by Gasteiger charge is 2.09. The maximum atomic E-state index is 10.9. The molecule has 0 fully saturated rings. The Labute approximate surface area is 101 Å². The van der Waals surface area contributed by atoms with Crippen molar-refractivity contribution >= 4 is 13.8 Å². The molecule has 0 unspecified atom stereocenters. The number of quaternary nitrogens is 1. The summed E-state index contributed by atoms with van der Waals surface area (Å²) < 4.78 is 14.6. The van der Waals surface area contributed by atoms with Gasteiger partial charge in [-0.15, -0.1) is 0 Å². The second-order valence-electron chi connectivity index (χ2n) is 4.44. The van der Waals surface area contributed by atoms with E-state index in [2.05, 4.69) is 27.7 Å². The first-order chi connectivity index (χ1) is 7.33. The third-order valence-corrected chi connectivity index (χ3v) is 1.34. The van der Waals surface area contributed by atoms with Crippen LogP contribution < -0.4 is 0 Å². The molecular weight excluding hydrogens is 249 g/mol. The zero-order valence-corrected chi connectivity index (χ0v) is 11.5. The van der Waals surface area contributed by atoms with Crippen molar-refractivity contribution in [2.24, 2.45) is 0 Å². The summed E-state index contributed by atoms with van der Waals surface area (Å²) in [5.41, 5.74) is 0.455. The summed E-state index contributed by atoms with van der Waals surface area (Å²) in [5, 5.41) is 0. The van der Waals surface area contributed by atoms with Gasteiger partial charge in [0.1, 0.15) is 13.2 Å². The van der Waals surface area contributed by atoms with Gasteiger partial charge in [0.05, 0.1) is 21.1 Å². The van der Waals surface area contributed by atoms with E-state index >= 15 is 0 Å². The zero-order chi connectivity index (χ0) is 14.3. The fraction of sp³-hybridized carbons (Fsp3) is 0.667. The SMILES string of the molecule is C=C(C)C(=O)OCC[N+](C)(C)C.O=P(O)(O)O. The highest BCUT2D eigenvalue weighted by molar-refractivity contribution is 7.45. The quantitative estimate of drug-likeness (QED) is 0.285. The van der Waals surface area contributed by atoms with Gasteiger partial charge in [0.25, 0.3) is 0 Å². The van der Waals surface area contributed by atoms with Crippen molar-refractivity contribution < 1.29 is 33.3 Å². The molecule has 0 rings (SSSR count). The highest BCUT2D eigenvalue weighted by Crippen LogP contribution is 2.25. The molecule has 0 aromatic carbocycles. The summed E-state index contributed by atoms with van der Waals surface area (Å²) in [7, 11) is 1.51. The molecule has 7 nitrogen and oxygen atoms in total. The van der Waals surface area contributed by atoms with E-state index < -0.39 is 7.82 Å². The number of carbonyl (C=O) groups is 1. The van der Waals surface area contributed by atoms with Crippen LogP contribution >= 0.6 is 7.82 Å². The van der Waals surface area contributed by atoms with Gasteiger partial charge in [-0.1, -0.05) is 6.58 Å². The molecule has 0 aliphatic rings. The minimum Gasteiger partial charge on any atom is -0.456 e. The minimum absolute atomic E-state index is 0.302. The van der Waals surface area contributed by atoms with Crippen molar-refractivity contribution in [2.45, 2.75) is 6.92 Å². The van der Waals surface area contributed by atoms with Crippen LogP contribution in [0.2, 0.25) is 0 Å². The summed E-state index contributed by atoms with van der Waals surface area (Å²) in [6, 6.07) is 0. The second kappa shape index (κ2) is 7.58. The van der Waals surface area contributed by atoms with Crippen LogP contribution in [0.25, 0.3) is 0 Å². The molecule has 0 bridgehead atoms. The fourth-order valence-corrected chi connectivity index (χ4v) is 0.535. The topological polar surface area (TPSA) is 104 Å². The lowest BCUT2D eigenvalue weighted by molar-refractivity contribution is -0.870. The largest absolute Gasteiger partial charge is 0.466 e. The third kappa shape index (κ3) is 25.5. The number of hydrogen-bond donors (Lipinski definition) is 3. The molecule has 0 amide bonds. The molecule has 8 heteroatoms. The minimum atomic E-state index is -4.64. The molecule has 0 aromatic heterocycles. The fourth-order valence-electron chi connectivity index (χ4n) is 0.535. The van der Waals surface area contributed by atoms with E-state index in [0.717, 1.165) is 11.0 Å². The maximum Gasteiger partial charge on any atom is 0.466 e. The van der Waals surface area contributed by atoms with Crippen molar-refractivity contribution in [1.82, 2.24) is 0 Å². The van der Waals surface area contributed by atoms with Crippen molar-refractivity contribution in [1.29, 1.82) is 0 Å². The van der Waals surface area contributed by atoms with Gasteiger partial charge < -0.3 is 23.9 Å². The van der Waals surface area contributed by atoms with E-state index in [1.807, 2.05) is 0 Å². The molecule has 0 saturated heterocycles. The van der Waals surface area contributed by atoms with Crippen LogP contribution in [0.3, 0.4) is 0 Å². The van der Waals surface area contributed by atoms with E-state index in [9.17, 15) is 4.79 Å². The monoisotopic (exact) mass is 270 g/mol. The Kier molecular flexibility index (Phi) is 8.31. The van der Waals surface area contributed by atoms with Gasteiger partial charge in [-0.2, -0.15) is 0 Å². The Morgan fingerprint density at radius 2 is 1.65 bits per heavy atom. The van der Waals surface area contributed by atoms with Gasteiger partial charge >= 0.3 is 13.8 Å². The maximum absolute atomic E-state index is 10.9. The van der Waals surface area contributed by atoms with Gasteiger partial charge in [-0.05, 0) is 6.92 Å². The Balaban J connectivity index is 0. The standard InChI is InChI=1S/C9H18NO2.H3O4P/c1-8(2)9(11)12-7-6-10(3,4)5;1-5(2,3)4/h1,6-7H2,2-5H3;(H3,1,2,3,4)/q+1;. The first-order valence-corrected chi connectivity index (χ1v) is 6.31. The summed E-state index contributed by atoms with van der Waals surface area (Å²) >= 11 is 0. The molecule has 0 atom stereocenters. The smallest absolute Gasteiger partial charge is 0.456 e.